The maximum Gasteiger partial charge on any atom is 0.230 e. The van der Waals surface area contributed by atoms with Gasteiger partial charge in [-0.3, -0.25) is 4.79 Å². The number of carbonyl (C=O) groups excluding carboxylic acids is 1. The zero-order chi connectivity index (χ0) is 13.0. The Kier molecular flexibility index (Phi) is 4.03. The van der Waals surface area contributed by atoms with Crippen LogP contribution in [0.15, 0.2) is 36.4 Å². The van der Waals surface area contributed by atoms with Gasteiger partial charge in [0.05, 0.1) is 12.3 Å². The van der Waals surface area contributed by atoms with Gasteiger partial charge in [-0.1, -0.05) is 24.3 Å². The Morgan fingerprint density at radius 1 is 1.33 bits per heavy atom. The van der Waals surface area contributed by atoms with Crippen LogP contribution in [0.3, 0.4) is 0 Å². The molecule has 2 rings (SSSR count). The van der Waals surface area contributed by atoms with Crippen molar-refractivity contribution in [1.29, 1.82) is 0 Å². The van der Waals surface area contributed by atoms with Crippen molar-refractivity contribution in [3.63, 3.8) is 0 Å². The molecule has 0 saturated carbocycles. The van der Waals surface area contributed by atoms with E-state index >= 15 is 0 Å². The van der Waals surface area contributed by atoms with Crippen molar-refractivity contribution < 1.29 is 9.53 Å². The van der Waals surface area contributed by atoms with Gasteiger partial charge in [-0.2, -0.15) is 0 Å². The van der Waals surface area contributed by atoms with Crippen LogP contribution in [-0.2, 0) is 4.79 Å². The topological polar surface area (TPSA) is 29.5 Å². The van der Waals surface area contributed by atoms with Crippen LogP contribution in [0.5, 0.6) is 5.75 Å². The lowest BCUT2D eigenvalue weighted by atomic mass is 10.1. The molecule has 0 N–H and O–H groups in total. The second kappa shape index (κ2) is 5.71. The van der Waals surface area contributed by atoms with E-state index in [0.717, 1.165) is 24.3 Å². The monoisotopic (exact) mass is 245 g/mol. The van der Waals surface area contributed by atoms with Crippen LogP contribution < -0.4 is 9.64 Å². The molecule has 1 aromatic rings. The number of anilines is 1. The quantitative estimate of drug-likeness (QED) is 0.763. The van der Waals surface area contributed by atoms with Crippen LogP contribution >= 0.6 is 0 Å². The molecule has 1 aliphatic rings. The second-order valence-corrected chi connectivity index (χ2v) is 4.44. The molecule has 18 heavy (non-hydrogen) atoms. The lowest BCUT2D eigenvalue weighted by Gasteiger charge is -2.23. The molecule has 0 bridgehead atoms. The first-order chi connectivity index (χ1) is 8.74. The van der Waals surface area contributed by atoms with Crippen LogP contribution in [0, 0.1) is 5.92 Å². The molecule has 0 unspecified atom stereocenters. The van der Waals surface area contributed by atoms with Gasteiger partial charge < -0.3 is 9.64 Å². The van der Waals surface area contributed by atoms with E-state index in [-0.39, 0.29) is 11.8 Å². The Morgan fingerprint density at radius 2 is 2.00 bits per heavy atom. The van der Waals surface area contributed by atoms with Crippen molar-refractivity contribution in [2.24, 2.45) is 5.92 Å². The molecule has 0 aromatic heterocycles. The van der Waals surface area contributed by atoms with Crippen LogP contribution in [0.4, 0.5) is 5.69 Å². The molecule has 0 saturated heterocycles. The zero-order valence-corrected chi connectivity index (χ0v) is 10.9. The Labute approximate surface area is 108 Å². The average Bonchev–Trinajstić information content (AvgIpc) is 2.92. The van der Waals surface area contributed by atoms with Crippen LogP contribution in [0.1, 0.15) is 19.8 Å². The number of rotatable bonds is 4. The summed E-state index contributed by atoms with van der Waals surface area (Å²) in [5.41, 5.74) is 0.844. The van der Waals surface area contributed by atoms with E-state index in [2.05, 4.69) is 12.2 Å². The highest BCUT2D eigenvalue weighted by Gasteiger charge is 2.24. The predicted octanol–water partition coefficient (Wildman–Crippen LogP) is 3.01. The van der Waals surface area contributed by atoms with E-state index in [1.807, 2.05) is 38.2 Å². The van der Waals surface area contributed by atoms with E-state index in [0.29, 0.717) is 6.61 Å². The summed E-state index contributed by atoms with van der Waals surface area (Å²) in [6.07, 6.45) is 5.84. The van der Waals surface area contributed by atoms with Crippen molar-refractivity contribution in [3.8, 4) is 5.75 Å². The molecule has 0 radical (unpaired) electrons. The minimum absolute atomic E-state index is 0.0877. The molecule has 1 amide bonds. The fourth-order valence-electron chi connectivity index (χ4n) is 2.22. The van der Waals surface area contributed by atoms with Gasteiger partial charge in [0.2, 0.25) is 5.91 Å². The number of carbonyl (C=O) groups is 1. The normalized spacial score (nSPS) is 14.8. The van der Waals surface area contributed by atoms with Gasteiger partial charge >= 0.3 is 0 Å². The molecular formula is C15H19NO2. The second-order valence-electron chi connectivity index (χ2n) is 4.44. The van der Waals surface area contributed by atoms with Crippen molar-refractivity contribution in [2.45, 2.75) is 19.8 Å². The third-order valence-electron chi connectivity index (χ3n) is 3.21. The van der Waals surface area contributed by atoms with Crippen molar-refractivity contribution in [1.82, 2.24) is 0 Å². The van der Waals surface area contributed by atoms with E-state index in [9.17, 15) is 4.79 Å². The van der Waals surface area contributed by atoms with Crippen molar-refractivity contribution >= 4 is 11.6 Å². The maximum absolute atomic E-state index is 12.3. The summed E-state index contributed by atoms with van der Waals surface area (Å²) in [6, 6.07) is 7.67. The lowest BCUT2D eigenvalue weighted by Crippen LogP contribution is -2.32. The SMILES string of the molecule is CCOc1ccccc1N(C)C(=O)C1CC=CC1. The van der Waals surface area contributed by atoms with Crippen molar-refractivity contribution in [2.75, 3.05) is 18.6 Å². The Balaban J connectivity index is 2.17. The Hall–Kier alpha value is -1.77. The summed E-state index contributed by atoms with van der Waals surface area (Å²) in [7, 11) is 1.82. The molecule has 0 heterocycles. The number of hydrogen-bond donors (Lipinski definition) is 0. The van der Waals surface area contributed by atoms with Gasteiger partial charge in [-0.05, 0) is 31.9 Å². The third-order valence-corrected chi connectivity index (χ3v) is 3.21. The largest absolute Gasteiger partial charge is 0.492 e. The summed E-state index contributed by atoms with van der Waals surface area (Å²) >= 11 is 0. The highest BCUT2D eigenvalue weighted by molar-refractivity contribution is 5.96. The lowest BCUT2D eigenvalue weighted by molar-refractivity contribution is -0.121. The summed E-state index contributed by atoms with van der Waals surface area (Å²) in [5.74, 6) is 1.01. The molecule has 0 aliphatic heterocycles. The highest BCUT2D eigenvalue weighted by atomic mass is 16.5. The van der Waals surface area contributed by atoms with Crippen LogP contribution in [0.25, 0.3) is 0 Å². The first-order valence-corrected chi connectivity index (χ1v) is 6.38. The van der Waals surface area contributed by atoms with E-state index in [4.69, 9.17) is 4.74 Å². The van der Waals surface area contributed by atoms with Gasteiger partial charge in [0.25, 0.3) is 0 Å². The van der Waals surface area contributed by atoms with Gasteiger partial charge in [0.15, 0.2) is 0 Å². The predicted molar refractivity (Wildman–Crippen MR) is 72.9 cm³/mol. The number of allylic oxidation sites excluding steroid dienone is 2. The summed E-state index contributed by atoms with van der Waals surface area (Å²) in [5, 5.41) is 0. The molecule has 3 nitrogen and oxygen atoms in total. The Bertz CT molecular complexity index is 446. The minimum atomic E-state index is 0.0877. The van der Waals surface area contributed by atoms with Gasteiger partial charge in [-0.25, -0.2) is 0 Å². The number of amides is 1. The standard InChI is InChI=1S/C15H19NO2/c1-3-18-14-11-7-6-10-13(14)16(2)15(17)12-8-4-5-9-12/h4-7,10-12H,3,8-9H2,1-2H3. The number of ether oxygens (including phenoxy) is 1. The van der Waals surface area contributed by atoms with E-state index in [1.165, 1.54) is 0 Å². The minimum Gasteiger partial charge on any atom is -0.492 e. The summed E-state index contributed by atoms with van der Waals surface area (Å²) in [6.45, 7) is 2.55. The first kappa shape index (κ1) is 12.7. The number of nitrogens with zero attached hydrogens (tertiary/aromatic N) is 1. The van der Waals surface area contributed by atoms with Crippen LogP contribution in [0.2, 0.25) is 0 Å². The first-order valence-electron chi connectivity index (χ1n) is 6.38. The number of hydrogen-bond acceptors (Lipinski definition) is 2. The average molecular weight is 245 g/mol. The van der Waals surface area contributed by atoms with E-state index in [1.54, 1.807) is 4.90 Å². The molecule has 1 aliphatic carbocycles. The number of benzene rings is 1. The zero-order valence-electron chi connectivity index (χ0n) is 10.9. The highest BCUT2D eigenvalue weighted by Crippen LogP contribution is 2.30. The van der Waals surface area contributed by atoms with Gasteiger partial charge in [0, 0.05) is 13.0 Å². The molecule has 0 spiro atoms. The smallest absolute Gasteiger partial charge is 0.230 e. The molecular weight excluding hydrogens is 226 g/mol. The van der Waals surface area contributed by atoms with Crippen molar-refractivity contribution in [3.05, 3.63) is 36.4 Å². The molecule has 96 valence electrons. The van der Waals surface area contributed by atoms with E-state index < -0.39 is 0 Å². The maximum atomic E-state index is 12.3. The molecule has 3 heteroatoms. The fraction of sp³-hybridized carbons (Fsp3) is 0.400. The Morgan fingerprint density at radius 3 is 2.67 bits per heavy atom. The van der Waals surface area contributed by atoms with Gasteiger partial charge in [0.1, 0.15) is 5.75 Å². The molecule has 0 fully saturated rings. The third kappa shape index (κ3) is 2.55. The fourth-order valence-corrected chi connectivity index (χ4v) is 2.22. The molecule has 1 aromatic carbocycles. The summed E-state index contributed by atoms with van der Waals surface area (Å²) in [4.78, 5) is 14.0. The summed E-state index contributed by atoms with van der Waals surface area (Å²) < 4.78 is 5.56. The number of para-hydroxylation sites is 2. The van der Waals surface area contributed by atoms with Gasteiger partial charge in [-0.15, -0.1) is 0 Å². The van der Waals surface area contributed by atoms with Crippen LogP contribution in [-0.4, -0.2) is 19.6 Å². The molecule has 0 atom stereocenters.